The summed E-state index contributed by atoms with van der Waals surface area (Å²) >= 11 is 1.49. The lowest BCUT2D eigenvalue weighted by Gasteiger charge is -2.24. The van der Waals surface area contributed by atoms with Gasteiger partial charge in [0.25, 0.3) is 5.91 Å². The van der Waals surface area contributed by atoms with Crippen LogP contribution in [0.15, 0.2) is 95.9 Å². The van der Waals surface area contributed by atoms with Gasteiger partial charge >= 0.3 is 0 Å². The van der Waals surface area contributed by atoms with E-state index in [-0.39, 0.29) is 18.2 Å². The van der Waals surface area contributed by atoms with Crippen molar-refractivity contribution in [1.29, 1.82) is 0 Å². The number of terminal acetylenes is 1. The number of benzene rings is 3. The Morgan fingerprint density at radius 2 is 1.63 bits per heavy atom. The Morgan fingerprint density at radius 3 is 2.27 bits per heavy atom. The summed E-state index contributed by atoms with van der Waals surface area (Å²) in [7, 11) is 1.63. The van der Waals surface area contributed by atoms with Crippen LogP contribution in [0.4, 0.5) is 0 Å². The van der Waals surface area contributed by atoms with Gasteiger partial charge in [-0.1, -0.05) is 73.0 Å². The Labute approximate surface area is 293 Å². The highest BCUT2D eigenvalue weighted by Crippen LogP contribution is 2.29. The third-order valence-corrected chi connectivity index (χ3v) is 8.41. The van der Waals surface area contributed by atoms with Gasteiger partial charge in [0.1, 0.15) is 17.5 Å². The Kier molecular flexibility index (Phi) is 16.6. The maximum Gasteiger partial charge on any atom is 0.270 e. The number of hydrogen-bond donors (Lipinski definition) is 3. The number of amides is 3. The minimum Gasteiger partial charge on any atom is -0.497 e. The van der Waals surface area contributed by atoms with Gasteiger partial charge in [-0.25, -0.2) is 4.98 Å². The summed E-state index contributed by atoms with van der Waals surface area (Å²) in [5, 5.41) is 6.31. The highest BCUT2D eigenvalue weighted by molar-refractivity contribution is 7.96. The topological polar surface area (TPSA) is 136 Å². The maximum atomic E-state index is 12.9. The number of methoxy groups -OCH3 is 1. The Hall–Kier alpha value is -4.89. The number of primary amides is 1. The van der Waals surface area contributed by atoms with Crippen molar-refractivity contribution >= 4 is 40.6 Å². The smallest absolute Gasteiger partial charge is 0.270 e. The van der Waals surface area contributed by atoms with E-state index in [9.17, 15) is 14.4 Å². The van der Waals surface area contributed by atoms with E-state index in [1.165, 1.54) is 17.5 Å². The Morgan fingerprint density at radius 1 is 0.959 bits per heavy atom. The van der Waals surface area contributed by atoms with Crippen molar-refractivity contribution in [3.63, 3.8) is 0 Å². The first-order valence-corrected chi connectivity index (χ1v) is 16.9. The number of fused-ring (bicyclic) bond motifs is 1. The van der Waals surface area contributed by atoms with Crippen molar-refractivity contribution < 1.29 is 24.0 Å². The molecule has 10 nitrogen and oxygen atoms in total. The zero-order valence-corrected chi connectivity index (χ0v) is 28.9. The number of para-hydroxylation sites is 1. The van der Waals surface area contributed by atoms with Crippen LogP contribution in [0.3, 0.4) is 0 Å². The average Bonchev–Trinajstić information content (AvgIpc) is 3.64. The lowest BCUT2D eigenvalue weighted by molar-refractivity contribution is -0.128. The molecule has 1 aromatic heterocycles. The minimum absolute atomic E-state index is 0.149. The van der Waals surface area contributed by atoms with Gasteiger partial charge in [-0.2, -0.15) is 0 Å². The van der Waals surface area contributed by atoms with Crippen LogP contribution >= 0.6 is 11.9 Å². The van der Waals surface area contributed by atoms with Gasteiger partial charge < -0.3 is 21.1 Å². The fourth-order valence-electron chi connectivity index (χ4n) is 4.95. The van der Waals surface area contributed by atoms with Gasteiger partial charge in [0.15, 0.2) is 0 Å². The number of pyridine rings is 1. The Balaban J connectivity index is 0.000000633. The van der Waals surface area contributed by atoms with Crippen LogP contribution in [0, 0.1) is 19.8 Å². The van der Waals surface area contributed by atoms with E-state index < -0.39 is 23.8 Å². The maximum absolute atomic E-state index is 12.9. The molecular formula is C38H45N5O5S. The molecule has 0 bridgehead atoms. The molecule has 1 heterocycles. The molecule has 3 amide bonds. The number of hydroxylamine groups is 1. The molecule has 0 saturated heterocycles. The molecule has 1 aliphatic carbocycles. The summed E-state index contributed by atoms with van der Waals surface area (Å²) < 4.78 is 7.10. The zero-order chi connectivity index (χ0) is 35.4. The molecule has 5 rings (SSSR count). The molecule has 49 heavy (non-hydrogen) atoms. The molecule has 0 radical (unpaired) electrons. The normalized spacial score (nSPS) is 12.9. The molecule has 1 aliphatic rings. The highest BCUT2D eigenvalue weighted by atomic mass is 32.2. The van der Waals surface area contributed by atoms with E-state index in [4.69, 9.17) is 15.3 Å². The van der Waals surface area contributed by atoms with E-state index in [1.807, 2.05) is 65.1 Å². The number of carbonyl (C=O) groups excluding carboxylic acids is 3. The molecule has 1 saturated carbocycles. The number of nitrogens with one attached hydrogen (secondary N) is 2. The fraction of sp³-hybridized carbons (Fsp3) is 0.316. The summed E-state index contributed by atoms with van der Waals surface area (Å²) in [4.78, 5) is 49.0. The highest BCUT2D eigenvalue weighted by Gasteiger charge is 2.25. The van der Waals surface area contributed by atoms with Gasteiger partial charge in [0.05, 0.1) is 25.2 Å². The third kappa shape index (κ3) is 13.6. The zero-order valence-electron chi connectivity index (χ0n) is 28.0. The van der Waals surface area contributed by atoms with Crippen LogP contribution in [-0.2, 0) is 14.4 Å². The lowest BCUT2D eigenvalue weighted by Crippen LogP contribution is -2.49. The fourth-order valence-corrected chi connectivity index (χ4v) is 5.82. The first kappa shape index (κ1) is 38.6. The van der Waals surface area contributed by atoms with Crippen LogP contribution in [0.25, 0.3) is 10.9 Å². The van der Waals surface area contributed by atoms with E-state index in [2.05, 4.69) is 47.5 Å². The van der Waals surface area contributed by atoms with E-state index in [1.54, 1.807) is 25.3 Å². The lowest BCUT2D eigenvalue weighted by atomic mass is 10.1. The number of aromatic nitrogens is 1. The van der Waals surface area contributed by atoms with Gasteiger partial charge in [-0.15, -0.1) is 17.3 Å². The molecule has 4 aromatic rings. The van der Waals surface area contributed by atoms with Crippen molar-refractivity contribution in [3.8, 4) is 18.6 Å². The van der Waals surface area contributed by atoms with Crippen LogP contribution in [0.2, 0.25) is 0 Å². The monoisotopic (exact) mass is 683 g/mol. The number of hydrogen-bond acceptors (Lipinski definition) is 8. The van der Waals surface area contributed by atoms with E-state index in [0.29, 0.717) is 25.0 Å². The van der Waals surface area contributed by atoms with Gasteiger partial charge in [-0.05, 0) is 74.5 Å². The molecular weight excluding hydrogens is 639 g/mol. The predicted molar refractivity (Wildman–Crippen MR) is 194 cm³/mol. The number of aryl methyl sites for hydroxylation is 1. The predicted octanol–water partition coefficient (Wildman–Crippen LogP) is 5.85. The van der Waals surface area contributed by atoms with E-state index in [0.717, 1.165) is 41.7 Å². The van der Waals surface area contributed by atoms with Crippen LogP contribution < -0.4 is 21.1 Å². The molecule has 0 unspecified atom stereocenters. The quantitative estimate of drug-likeness (QED) is 0.0652. The van der Waals surface area contributed by atoms with Crippen molar-refractivity contribution in [3.05, 3.63) is 102 Å². The molecule has 0 spiro atoms. The summed E-state index contributed by atoms with van der Waals surface area (Å²) in [5.74, 6) is -0.957. The van der Waals surface area contributed by atoms with Crippen molar-refractivity contribution in [1.82, 2.24) is 20.1 Å². The number of ether oxygens (including phenoxy) is 1. The molecule has 4 N–H and O–H groups in total. The van der Waals surface area contributed by atoms with Gasteiger partial charge in [0.2, 0.25) is 11.8 Å². The van der Waals surface area contributed by atoms with Crippen LogP contribution in [0.5, 0.6) is 5.75 Å². The largest absolute Gasteiger partial charge is 0.497 e. The first-order chi connectivity index (χ1) is 23.8. The molecule has 0 aliphatic heterocycles. The van der Waals surface area contributed by atoms with Crippen molar-refractivity contribution in [2.24, 2.45) is 5.73 Å². The minimum atomic E-state index is -1.11. The summed E-state index contributed by atoms with van der Waals surface area (Å²) in [6, 6.07) is 27.7. The summed E-state index contributed by atoms with van der Waals surface area (Å²) in [6.45, 7) is 2.97. The van der Waals surface area contributed by atoms with Crippen molar-refractivity contribution in [2.75, 3.05) is 20.2 Å². The van der Waals surface area contributed by atoms with Crippen LogP contribution in [-0.4, -0.2) is 59.5 Å². The average molecular weight is 684 g/mol. The standard InChI is InChI=1S/C29H35N5O5S.C7H8.C2H2/c1-38-21-12-14-23(15-13-21)40-34(39-22-8-3-4-9-22)18-6-17-31-28(36)26(19-27(30)35)33-29(37)25-16-11-20-7-2-5-10-24(20)32-25;1-7-5-3-2-4-6-7;1-2/h2,5,7,10-16,22,26H,3-4,6,8-9,17-19H2,1H3,(H2,30,35)(H,31,36)(H,33,37);2-6H,1H3;1-2H/t26-;;/m0../s1. The molecule has 1 atom stereocenters. The third-order valence-electron chi connectivity index (χ3n) is 7.45. The van der Waals surface area contributed by atoms with Crippen molar-refractivity contribution in [2.45, 2.75) is 62.5 Å². The van der Waals surface area contributed by atoms with Gasteiger partial charge in [-0.3, -0.25) is 19.2 Å². The number of rotatable bonds is 14. The number of nitrogens with zero attached hydrogens (tertiary/aromatic N) is 2. The number of nitrogens with two attached hydrogens (primary N) is 1. The Bertz CT molecular complexity index is 1630. The second kappa shape index (κ2) is 21.2. The van der Waals surface area contributed by atoms with Gasteiger partial charge in [0, 0.05) is 23.4 Å². The molecule has 258 valence electrons. The SMILES string of the molecule is C#C.COc1ccc(SN(CCCNC(=O)[C@H](CC(N)=O)NC(=O)c2ccc3ccccc3n2)OC2CCCC2)cc1.Cc1ccccc1. The second-order valence-electron chi connectivity index (χ2n) is 11.2. The first-order valence-electron chi connectivity index (χ1n) is 16.1. The molecule has 3 aromatic carbocycles. The number of carbonyl (C=O) groups is 3. The molecule has 1 fully saturated rings. The van der Waals surface area contributed by atoms with Crippen LogP contribution in [0.1, 0.15) is 54.6 Å². The molecule has 11 heteroatoms. The van der Waals surface area contributed by atoms with E-state index >= 15 is 0 Å². The summed E-state index contributed by atoms with van der Waals surface area (Å²) in [5.41, 5.74) is 7.49. The summed E-state index contributed by atoms with van der Waals surface area (Å²) in [6.07, 6.45) is 12.8. The second-order valence-corrected chi connectivity index (χ2v) is 12.3.